The van der Waals surface area contributed by atoms with Gasteiger partial charge in [0.1, 0.15) is 11.6 Å². The molecular formula is C20H18FN3O. The molecule has 0 fully saturated rings. The Labute approximate surface area is 145 Å². The molecule has 0 aliphatic rings. The van der Waals surface area contributed by atoms with Gasteiger partial charge in [-0.1, -0.05) is 42.5 Å². The largest absolute Gasteiger partial charge is 0.369 e. The van der Waals surface area contributed by atoms with E-state index in [1.54, 1.807) is 24.4 Å². The number of hydrogen-bond donors (Lipinski definition) is 1. The van der Waals surface area contributed by atoms with Gasteiger partial charge in [-0.3, -0.25) is 4.79 Å². The molecule has 0 saturated heterocycles. The number of pyridine rings is 1. The van der Waals surface area contributed by atoms with Crippen molar-refractivity contribution in [2.75, 3.05) is 17.3 Å². The number of amides is 1. The van der Waals surface area contributed by atoms with Crippen LogP contribution in [0.5, 0.6) is 0 Å². The van der Waals surface area contributed by atoms with Crippen LogP contribution in [0.25, 0.3) is 0 Å². The third-order valence-electron chi connectivity index (χ3n) is 3.81. The quantitative estimate of drug-likeness (QED) is 0.763. The number of hydrogen-bond acceptors (Lipinski definition) is 3. The van der Waals surface area contributed by atoms with Crippen LogP contribution in [-0.2, 0) is 6.54 Å². The zero-order chi connectivity index (χ0) is 17.6. The predicted molar refractivity (Wildman–Crippen MR) is 97.1 cm³/mol. The molecule has 1 heterocycles. The first-order valence-electron chi connectivity index (χ1n) is 7.90. The monoisotopic (exact) mass is 335 g/mol. The summed E-state index contributed by atoms with van der Waals surface area (Å²) in [5.41, 5.74) is 2.12. The first kappa shape index (κ1) is 16.6. The second-order valence-electron chi connectivity index (χ2n) is 5.68. The van der Waals surface area contributed by atoms with E-state index in [9.17, 15) is 9.18 Å². The van der Waals surface area contributed by atoms with Crippen molar-refractivity contribution in [2.45, 2.75) is 6.54 Å². The van der Waals surface area contributed by atoms with E-state index >= 15 is 0 Å². The lowest BCUT2D eigenvalue weighted by atomic mass is 10.2. The highest BCUT2D eigenvalue weighted by molar-refractivity contribution is 6.03. The van der Waals surface area contributed by atoms with E-state index in [1.807, 2.05) is 31.3 Å². The summed E-state index contributed by atoms with van der Waals surface area (Å²) in [7, 11) is 1.97. The summed E-state index contributed by atoms with van der Waals surface area (Å²) in [6.45, 7) is 0.753. The Morgan fingerprint density at radius 3 is 2.44 bits per heavy atom. The van der Waals surface area contributed by atoms with Crippen molar-refractivity contribution in [3.63, 3.8) is 0 Å². The van der Waals surface area contributed by atoms with Gasteiger partial charge in [0.15, 0.2) is 0 Å². The first-order chi connectivity index (χ1) is 12.1. The molecule has 1 aromatic heterocycles. The van der Waals surface area contributed by atoms with Crippen LogP contribution in [0.1, 0.15) is 15.9 Å². The number of benzene rings is 2. The van der Waals surface area contributed by atoms with E-state index in [4.69, 9.17) is 0 Å². The lowest BCUT2D eigenvalue weighted by molar-refractivity contribution is 0.102. The number of nitrogens with zero attached hydrogens (tertiary/aromatic N) is 2. The Morgan fingerprint density at radius 2 is 1.76 bits per heavy atom. The number of aromatic nitrogens is 1. The van der Waals surface area contributed by atoms with Gasteiger partial charge in [0.25, 0.3) is 5.91 Å². The second kappa shape index (κ2) is 7.57. The second-order valence-corrected chi connectivity index (χ2v) is 5.68. The van der Waals surface area contributed by atoms with Crippen molar-refractivity contribution in [3.8, 4) is 0 Å². The zero-order valence-electron chi connectivity index (χ0n) is 13.8. The van der Waals surface area contributed by atoms with Crippen LogP contribution in [0.2, 0.25) is 0 Å². The smallest absolute Gasteiger partial charge is 0.259 e. The van der Waals surface area contributed by atoms with Gasteiger partial charge in [-0.25, -0.2) is 9.37 Å². The topological polar surface area (TPSA) is 45.2 Å². The third kappa shape index (κ3) is 4.20. The predicted octanol–water partition coefficient (Wildman–Crippen LogP) is 4.11. The van der Waals surface area contributed by atoms with Gasteiger partial charge in [-0.2, -0.15) is 0 Å². The Balaban J connectivity index is 1.66. The van der Waals surface area contributed by atoms with Crippen LogP contribution in [0.4, 0.5) is 15.9 Å². The van der Waals surface area contributed by atoms with Crippen molar-refractivity contribution in [2.24, 2.45) is 0 Å². The highest BCUT2D eigenvalue weighted by Crippen LogP contribution is 2.17. The highest BCUT2D eigenvalue weighted by atomic mass is 19.1. The maximum atomic E-state index is 13.6. The summed E-state index contributed by atoms with van der Waals surface area (Å²) in [6, 6.07) is 19.5. The van der Waals surface area contributed by atoms with Gasteiger partial charge >= 0.3 is 0 Å². The lowest BCUT2D eigenvalue weighted by Gasteiger charge is -2.19. The highest BCUT2D eigenvalue weighted by Gasteiger charge is 2.11. The van der Waals surface area contributed by atoms with Crippen LogP contribution >= 0.6 is 0 Å². The van der Waals surface area contributed by atoms with E-state index in [0.717, 1.165) is 12.2 Å². The van der Waals surface area contributed by atoms with E-state index < -0.39 is 11.7 Å². The summed E-state index contributed by atoms with van der Waals surface area (Å²) in [6.07, 6.45) is 1.68. The Hall–Kier alpha value is -3.21. The van der Waals surface area contributed by atoms with E-state index in [0.29, 0.717) is 5.82 Å². The Kier molecular flexibility index (Phi) is 5.04. The van der Waals surface area contributed by atoms with Crippen molar-refractivity contribution in [1.29, 1.82) is 0 Å². The van der Waals surface area contributed by atoms with E-state index in [-0.39, 0.29) is 5.56 Å². The number of rotatable bonds is 5. The van der Waals surface area contributed by atoms with Crippen molar-refractivity contribution in [3.05, 3.63) is 89.9 Å². The molecule has 0 atom stereocenters. The average Bonchev–Trinajstić information content (AvgIpc) is 2.63. The molecule has 0 unspecified atom stereocenters. The minimum atomic E-state index is -0.556. The third-order valence-corrected chi connectivity index (χ3v) is 3.81. The van der Waals surface area contributed by atoms with Gasteiger partial charge in [0.05, 0.1) is 17.4 Å². The van der Waals surface area contributed by atoms with Gasteiger partial charge < -0.3 is 10.2 Å². The summed E-state index contributed by atoms with van der Waals surface area (Å²) in [5.74, 6) is -0.694. The van der Waals surface area contributed by atoms with E-state index in [1.165, 1.54) is 17.7 Å². The van der Waals surface area contributed by atoms with E-state index in [2.05, 4.69) is 27.3 Å². The number of halogens is 1. The lowest BCUT2D eigenvalue weighted by Crippen LogP contribution is -2.17. The SMILES string of the molecule is CN(Cc1ccccc1)c1ccc(NC(=O)c2ccccc2F)nc1. The molecule has 1 N–H and O–H groups in total. The van der Waals surface area contributed by atoms with Crippen molar-refractivity contribution in [1.82, 2.24) is 4.98 Å². The van der Waals surface area contributed by atoms with Gasteiger partial charge in [-0.15, -0.1) is 0 Å². The molecule has 5 heteroatoms. The number of carbonyl (C=O) groups is 1. The molecule has 126 valence electrons. The number of carbonyl (C=O) groups excluding carboxylic acids is 1. The first-order valence-corrected chi connectivity index (χ1v) is 7.90. The molecule has 3 aromatic rings. The zero-order valence-corrected chi connectivity index (χ0v) is 13.8. The van der Waals surface area contributed by atoms with Crippen LogP contribution in [0.15, 0.2) is 72.9 Å². The molecule has 0 aliphatic carbocycles. The van der Waals surface area contributed by atoms with Gasteiger partial charge in [0, 0.05) is 13.6 Å². The molecule has 3 rings (SSSR count). The molecular weight excluding hydrogens is 317 g/mol. The summed E-state index contributed by atoms with van der Waals surface area (Å²) in [4.78, 5) is 18.4. The van der Waals surface area contributed by atoms with Gasteiger partial charge in [0.2, 0.25) is 0 Å². The molecule has 25 heavy (non-hydrogen) atoms. The summed E-state index contributed by atoms with van der Waals surface area (Å²) in [5, 5.41) is 2.61. The fourth-order valence-corrected chi connectivity index (χ4v) is 2.46. The minimum Gasteiger partial charge on any atom is -0.369 e. The van der Waals surface area contributed by atoms with Gasteiger partial charge in [-0.05, 0) is 29.8 Å². The fourth-order valence-electron chi connectivity index (χ4n) is 2.46. The molecule has 0 aliphatic heterocycles. The number of anilines is 2. The molecule has 2 aromatic carbocycles. The standard InChI is InChI=1S/C20H18FN3O/c1-24(14-15-7-3-2-4-8-15)16-11-12-19(22-13-16)23-20(25)17-9-5-6-10-18(17)21/h2-13H,14H2,1H3,(H,22,23,25). The molecule has 1 amide bonds. The maximum absolute atomic E-state index is 13.6. The number of nitrogens with one attached hydrogen (secondary N) is 1. The Bertz CT molecular complexity index is 850. The average molecular weight is 335 g/mol. The van der Waals surface area contributed by atoms with Crippen molar-refractivity contribution >= 4 is 17.4 Å². The fraction of sp³-hybridized carbons (Fsp3) is 0.100. The normalized spacial score (nSPS) is 10.3. The van der Waals surface area contributed by atoms with Crippen LogP contribution in [-0.4, -0.2) is 17.9 Å². The maximum Gasteiger partial charge on any atom is 0.259 e. The molecule has 0 saturated carbocycles. The Morgan fingerprint density at radius 1 is 1.04 bits per heavy atom. The molecule has 0 spiro atoms. The van der Waals surface area contributed by atoms with Crippen LogP contribution in [0, 0.1) is 5.82 Å². The van der Waals surface area contributed by atoms with Crippen molar-refractivity contribution < 1.29 is 9.18 Å². The molecule has 4 nitrogen and oxygen atoms in total. The summed E-state index contributed by atoms with van der Waals surface area (Å²) >= 11 is 0. The minimum absolute atomic E-state index is 0.00503. The van der Waals surface area contributed by atoms with Crippen LogP contribution in [0.3, 0.4) is 0 Å². The van der Waals surface area contributed by atoms with Crippen LogP contribution < -0.4 is 10.2 Å². The summed E-state index contributed by atoms with van der Waals surface area (Å²) < 4.78 is 13.6. The molecule has 0 bridgehead atoms. The molecule has 0 radical (unpaired) electrons.